The fraction of sp³-hybridized carbons (Fsp3) is 0.406. The summed E-state index contributed by atoms with van der Waals surface area (Å²) in [7, 11) is -4.10. The second-order valence-corrected chi connectivity index (χ2v) is 14.3. The van der Waals surface area contributed by atoms with Crippen molar-refractivity contribution in [2.45, 2.75) is 73.0 Å². The standard InChI is InChI=1S/C32H36F4N4O4S2/c1-31(2,33)19-25(30(42)39-24-10-8-18-40(20-26(24)41)46(43,44)28-12-6-7-17-37-28)38-29(32(34,35)36)22-15-13-21(14-16-22)23-9-4-5-11-27(23)45-3/h4-7,9,11-17,24-25,29,38H,8,10,18-20H2,1-3H3,(H,39,42)/t24?,25-,29-/m0/s1. The molecule has 248 valence electrons. The van der Waals surface area contributed by atoms with Crippen molar-refractivity contribution in [3.63, 3.8) is 0 Å². The Balaban J connectivity index is 1.54. The quantitative estimate of drug-likeness (QED) is 0.197. The number of amides is 1. The molecule has 2 heterocycles. The molecule has 0 saturated carbocycles. The Morgan fingerprint density at radius 2 is 1.72 bits per heavy atom. The number of thioether (sulfide) groups is 1. The van der Waals surface area contributed by atoms with E-state index in [1.165, 1.54) is 42.2 Å². The highest BCUT2D eigenvalue weighted by molar-refractivity contribution is 7.98. The van der Waals surface area contributed by atoms with E-state index in [-0.39, 0.29) is 30.0 Å². The van der Waals surface area contributed by atoms with E-state index >= 15 is 0 Å². The minimum absolute atomic E-state index is 0.0240. The van der Waals surface area contributed by atoms with Gasteiger partial charge in [-0.2, -0.15) is 17.5 Å². The zero-order valence-corrected chi connectivity index (χ0v) is 27.2. The van der Waals surface area contributed by atoms with E-state index in [1.807, 2.05) is 30.5 Å². The largest absolute Gasteiger partial charge is 0.407 e. The van der Waals surface area contributed by atoms with E-state index in [0.29, 0.717) is 5.56 Å². The van der Waals surface area contributed by atoms with Gasteiger partial charge in [0.2, 0.25) is 5.91 Å². The maximum absolute atomic E-state index is 14.9. The first-order valence-electron chi connectivity index (χ1n) is 14.6. The second-order valence-electron chi connectivity index (χ2n) is 11.6. The van der Waals surface area contributed by atoms with Gasteiger partial charge in [-0.1, -0.05) is 48.5 Å². The van der Waals surface area contributed by atoms with Crippen LogP contribution in [0.1, 0.15) is 44.7 Å². The number of carbonyl (C=O) groups is 2. The molecule has 0 radical (unpaired) electrons. The third-order valence-corrected chi connectivity index (χ3v) is 10.1. The first-order valence-corrected chi connectivity index (χ1v) is 17.3. The Labute approximate surface area is 270 Å². The van der Waals surface area contributed by atoms with Crippen LogP contribution < -0.4 is 10.6 Å². The number of pyridine rings is 1. The first-order chi connectivity index (χ1) is 21.6. The van der Waals surface area contributed by atoms with Gasteiger partial charge in [-0.05, 0) is 67.8 Å². The molecule has 1 fully saturated rings. The number of alkyl halides is 4. The summed E-state index contributed by atoms with van der Waals surface area (Å²) in [5, 5.41) is 4.55. The van der Waals surface area contributed by atoms with Crippen LogP contribution in [0, 0.1) is 0 Å². The maximum Gasteiger partial charge on any atom is 0.407 e. The average Bonchev–Trinajstić information content (AvgIpc) is 3.19. The van der Waals surface area contributed by atoms with Crippen molar-refractivity contribution in [2.24, 2.45) is 0 Å². The molecule has 8 nitrogen and oxygen atoms in total. The van der Waals surface area contributed by atoms with Crippen molar-refractivity contribution in [1.29, 1.82) is 0 Å². The summed E-state index contributed by atoms with van der Waals surface area (Å²) in [5.41, 5.74) is -0.653. The number of sulfonamides is 1. The van der Waals surface area contributed by atoms with Gasteiger partial charge >= 0.3 is 6.18 Å². The lowest BCUT2D eigenvalue weighted by molar-refractivity contribution is -0.161. The summed E-state index contributed by atoms with van der Waals surface area (Å²) < 4.78 is 85.3. The third kappa shape index (κ3) is 8.93. The average molecular weight is 681 g/mol. The summed E-state index contributed by atoms with van der Waals surface area (Å²) in [5.74, 6) is -1.64. The molecule has 3 aromatic rings. The van der Waals surface area contributed by atoms with Gasteiger partial charge in [-0.25, -0.2) is 17.8 Å². The number of nitrogens with one attached hydrogen (secondary N) is 2. The van der Waals surface area contributed by atoms with E-state index in [9.17, 15) is 35.6 Å². The number of halogens is 4. The number of nitrogens with zero attached hydrogens (tertiary/aromatic N) is 2. The van der Waals surface area contributed by atoms with Gasteiger partial charge in [-0.3, -0.25) is 14.9 Å². The zero-order chi connectivity index (χ0) is 33.7. The number of ketones is 1. The predicted molar refractivity (Wildman–Crippen MR) is 168 cm³/mol. The first kappa shape index (κ1) is 35.5. The zero-order valence-electron chi connectivity index (χ0n) is 25.6. The van der Waals surface area contributed by atoms with E-state index in [2.05, 4.69) is 15.6 Å². The third-order valence-electron chi connectivity index (χ3n) is 7.54. The smallest absolute Gasteiger partial charge is 0.345 e. The molecular formula is C32H36F4N4O4S2. The van der Waals surface area contributed by atoms with Crippen LogP contribution in [-0.2, 0) is 19.6 Å². The van der Waals surface area contributed by atoms with E-state index in [4.69, 9.17) is 0 Å². The number of Topliss-reactive ketones (excluding diaryl/α,β-unsaturated/α-hetero) is 1. The normalized spacial score (nSPS) is 18.1. The van der Waals surface area contributed by atoms with Crippen molar-refractivity contribution >= 4 is 33.5 Å². The van der Waals surface area contributed by atoms with Crippen molar-refractivity contribution in [2.75, 3.05) is 19.3 Å². The summed E-state index contributed by atoms with van der Waals surface area (Å²) in [6.45, 7) is 1.71. The van der Waals surface area contributed by atoms with E-state index in [1.54, 1.807) is 18.2 Å². The molecular weight excluding hydrogens is 645 g/mol. The molecule has 2 aromatic carbocycles. The summed E-state index contributed by atoms with van der Waals surface area (Å²) in [4.78, 5) is 31.4. The van der Waals surface area contributed by atoms with Crippen LogP contribution in [0.3, 0.4) is 0 Å². The molecule has 1 aliphatic rings. The fourth-order valence-corrected chi connectivity index (χ4v) is 7.29. The number of rotatable bonds is 11. The Kier molecular flexibility index (Phi) is 11.3. The molecule has 1 unspecified atom stereocenters. The van der Waals surface area contributed by atoms with Crippen molar-refractivity contribution in [3.05, 3.63) is 78.5 Å². The highest BCUT2D eigenvalue weighted by atomic mass is 32.2. The molecule has 0 bridgehead atoms. The molecule has 1 saturated heterocycles. The molecule has 2 N–H and O–H groups in total. The highest BCUT2D eigenvalue weighted by Gasteiger charge is 2.44. The Morgan fingerprint density at radius 1 is 1.04 bits per heavy atom. The lowest BCUT2D eigenvalue weighted by atomic mass is 9.96. The molecule has 3 atom stereocenters. The molecule has 4 rings (SSSR count). The molecule has 1 aliphatic heterocycles. The Hall–Kier alpha value is -3.33. The summed E-state index contributed by atoms with van der Waals surface area (Å²) >= 11 is 1.51. The Morgan fingerprint density at radius 3 is 2.33 bits per heavy atom. The molecule has 0 aliphatic carbocycles. The van der Waals surface area contributed by atoms with Gasteiger partial charge in [-0.15, -0.1) is 11.8 Å². The van der Waals surface area contributed by atoms with Crippen LogP contribution in [0.5, 0.6) is 0 Å². The number of aromatic nitrogens is 1. The number of benzene rings is 2. The SMILES string of the molecule is CSc1ccccc1-c1ccc([C@H](N[C@@H](CC(C)(C)F)C(=O)NC2CCCN(S(=O)(=O)c3ccccn3)CC2=O)C(F)(F)F)cc1. The topological polar surface area (TPSA) is 108 Å². The van der Waals surface area contributed by atoms with Gasteiger partial charge in [0.15, 0.2) is 10.8 Å². The molecule has 14 heteroatoms. The minimum atomic E-state index is -4.85. The van der Waals surface area contributed by atoms with Gasteiger partial charge in [0.05, 0.1) is 18.6 Å². The number of hydrogen-bond acceptors (Lipinski definition) is 7. The van der Waals surface area contributed by atoms with E-state index in [0.717, 1.165) is 28.6 Å². The van der Waals surface area contributed by atoms with Crippen LogP contribution >= 0.6 is 11.8 Å². The maximum atomic E-state index is 14.9. The minimum Gasteiger partial charge on any atom is -0.345 e. The van der Waals surface area contributed by atoms with Crippen LogP contribution in [0.15, 0.2) is 82.8 Å². The Bertz CT molecular complexity index is 1620. The fourth-order valence-electron chi connectivity index (χ4n) is 5.29. The van der Waals surface area contributed by atoms with Gasteiger partial charge in [0.25, 0.3) is 10.0 Å². The van der Waals surface area contributed by atoms with Crippen LogP contribution in [0.2, 0.25) is 0 Å². The monoisotopic (exact) mass is 680 g/mol. The molecule has 0 spiro atoms. The number of hydrogen-bond donors (Lipinski definition) is 2. The number of carbonyl (C=O) groups excluding carboxylic acids is 2. The van der Waals surface area contributed by atoms with Crippen LogP contribution in [-0.4, -0.2) is 72.7 Å². The van der Waals surface area contributed by atoms with Crippen LogP contribution in [0.25, 0.3) is 11.1 Å². The predicted octanol–water partition coefficient (Wildman–Crippen LogP) is 5.71. The lowest BCUT2D eigenvalue weighted by Crippen LogP contribution is -2.54. The molecule has 1 amide bonds. The van der Waals surface area contributed by atoms with Crippen molar-refractivity contribution in [3.8, 4) is 11.1 Å². The van der Waals surface area contributed by atoms with Crippen molar-refractivity contribution in [1.82, 2.24) is 19.9 Å². The second kappa shape index (κ2) is 14.6. The molecule has 46 heavy (non-hydrogen) atoms. The van der Waals surface area contributed by atoms with Crippen molar-refractivity contribution < 1.29 is 35.6 Å². The van der Waals surface area contributed by atoms with Gasteiger partial charge in [0.1, 0.15) is 11.7 Å². The lowest BCUT2D eigenvalue weighted by Gasteiger charge is -2.31. The van der Waals surface area contributed by atoms with Gasteiger partial charge < -0.3 is 5.32 Å². The summed E-state index contributed by atoms with van der Waals surface area (Å²) in [6.07, 6.45) is -2.03. The van der Waals surface area contributed by atoms with E-state index < -0.39 is 64.6 Å². The highest BCUT2D eigenvalue weighted by Crippen LogP contribution is 2.36. The van der Waals surface area contributed by atoms with Crippen LogP contribution in [0.4, 0.5) is 17.6 Å². The molecule has 1 aromatic heterocycles. The van der Waals surface area contributed by atoms with Gasteiger partial charge in [0, 0.05) is 24.1 Å². The summed E-state index contributed by atoms with van der Waals surface area (Å²) in [6, 6.07) is 12.4.